The van der Waals surface area contributed by atoms with Crippen molar-refractivity contribution < 1.29 is 9.59 Å². The minimum Gasteiger partial charge on any atom is -0.368 e. The maximum absolute atomic E-state index is 11.9. The summed E-state index contributed by atoms with van der Waals surface area (Å²) in [5.74, 6) is 0.470. The fraction of sp³-hybridized carbons (Fsp3) is 0.571. The second kappa shape index (κ2) is 12.7. The molecule has 0 spiro atoms. The number of likely N-dealkylation sites (tertiary alicyclic amines) is 1. The van der Waals surface area contributed by atoms with Gasteiger partial charge in [-0.25, -0.2) is 4.99 Å². The van der Waals surface area contributed by atoms with Gasteiger partial charge in [-0.05, 0) is 44.4 Å². The molecule has 1 fully saturated rings. The molecule has 1 saturated heterocycles. The maximum atomic E-state index is 11.9. The predicted molar refractivity (Wildman–Crippen MR) is 131 cm³/mol. The number of hydrogen-bond acceptors (Lipinski definition) is 4. The van der Waals surface area contributed by atoms with E-state index in [-0.39, 0.29) is 36.4 Å². The number of hydrogen-bond donors (Lipinski definition) is 4. The molecule has 1 aliphatic heterocycles. The van der Waals surface area contributed by atoms with Gasteiger partial charge < -0.3 is 21.7 Å². The van der Waals surface area contributed by atoms with Crippen molar-refractivity contribution in [1.29, 1.82) is 0 Å². The number of nitrogens with zero attached hydrogens (tertiary/aromatic N) is 2. The smallest absolute Gasteiger partial charge is 0.251 e. The lowest BCUT2D eigenvalue weighted by molar-refractivity contribution is -0.117. The molecule has 0 aliphatic carbocycles. The summed E-state index contributed by atoms with van der Waals surface area (Å²) in [4.78, 5) is 29.9. The van der Waals surface area contributed by atoms with Gasteiger partial charge in [0.1, 0.15) is 0 Å². The SMILES string of the molecule is CCNC(=NCc1ccc(C(=O)NCC(N)=O)cc1)NC1CN(C(C)C)CC1C.I. The van der Waals surface area contributed by atoms with Gasteiger partial charge in [-0.2, -0.15) is 0 Å². The molecule has 0 aromatic heterocycles. The molecule has 2 atom stereocenters. The summed E-state index contributed by atoms with van der Waals surface area (Å²) in [6, 6.07) is 8.09. The van der Waals surface area contributed by atoms with Crippen LogP contribution in [0.2, 0.25) is 0 Å². The van der Waals surface area contributed by atoms with E-state index in [1.165, 1.54) is 0 Å². The van der Waals surface area contributed by atoms with Crippen LogP contribution < -0.4 is 21.7 Å². The monoisotopic (exact) mass is 530 g/mol. The maximum Gasteiger partial charge on any atom is 0.251 e. The summed E-state index contributed by atoms with van der Waals surface area (Å²) >= 11 is 0. The lowest BCUT2D eigenvalue weighted by Gasteiger charge is -2.22. The zero-order valence-electron chi connectivity index (χ0n) is 18.3. The molecule has 0 saturated carbocycles. The minimum atomic E-state index is -0.569. The van der Waals surface area contributed by atoms with Crippen LogP contribution in [0.4, 0.5) is 0 Å². The number of guanidine groups is 1. The molecule has 0 radical (unpaired) electrons. The Bertz CT molecular complexity index is 723. The second-order valence-electron chi connectivity index (χ2n) is 7.82. The summed E-state index contributed by atoms with van der Waals surface area (Å²) in [5, 5.41) is 9.36. The van der Waals surface area contributed by atoms with Crippen LogP contribution in [0.15, 0.2) is 29.3 Å². The van der Waals surface area contributed by atoms with Crippen LogP contribution in [-0.2, 0) is 11.3 Å². The van der Waals surface area contributed by atoms with E-state index in [9.17, 15) is 9.59 Å². The van der Waals surface area contributed by atoms with Crippen molar-refractivity contribution in [3.8, 4) is 0 Å². The van der Waals surface area contributed by atoms with E-state index in [1.807, 2.05) is 12.1 Å². The van der Waals surface area contributed by atoms with Crippen LogP contribution >= 0.6 is 24.0 Å². The van der Waals surface area contributed by atoms with E-state index >= 15 is 0 Å². The van der Waals surface area contributed by atoms with Crippen molar-refractivity contribution in [2.24, 2.45) is 16.6 Å². The molecule has 8 nitrogen and oxygen atoms in total. The number of carbonyl (C=O) groups excluding carboxylic acids is 2. The summed E-state index contributed by atoms with van der Waals surface area (Å²) < 4.78 is 0. The molecule has 1 aliphatic rings. The predicted octanol–water partition coefficient (Wildman–Crippen LogP) is 1.30. The summed E-state index contributed by atoms with van der Waals surface area (Å²) in [6.45, 7) is 12.0. The summed E-state index contributed by atoms with van der Waals surface area (Å²) in [5.41, 5.74) is 6.52. The Kier molecular flexibility index (Phi) is 11.1. The normalized spacial score (nSPS) is 19.3. The molecule has 2 amide bonds. The van der Waals surface area contributed by atoms with Crippen molar-refractivity contribution >= 4 is 41.8 Å². The first-order chi connectivity index (χ1) is 13.8. The average molecular weight is 530 g/mol. The van der Waals surface area contributed by atoms with Crippen molar-refractivity contribution in [3.63, 3.8) is 0 Å². The van der Waals surface area contributed by atoms with Gasteiger partial charge in [0.15, 0.2) is 5.96 Å². The van der Waals surface area contributed by atoms with E-state index in [2.05, 4.69) is 48.5 Å². The van der Waals surface area contributed by atoms with Gasteiger partial charge in [0, 0.05) is 37.3 Å². The second-order valence-corrected chi connectivity index (χ2v) is 7.82. The number of nitrogens with one attached hydrogen (secondary N) is 3. The number of primary amides is 1. The molecular formula is C21H35IN6O2. The van der Waals surface area contributed by atoms with E-state index in [0.717, 1.165) is 31.2 Å². The van der Waals surface area contributed by atoms with Gasteiger partial charge in [-0.15, -0.1) is 24.0 Å². The van der Waals surface area contributed by atoms with Crippen LogP contribution in [-0.4, -0.2) is 60.9 Å². The quantitative estimate of drug-likeness (QED) is 0.230. The lowest BCUT2D eigenvalue weighted by Crippen LogP contribution is -2.46. The number of amides is 2. The Hall–Kier alpha value is -1.88. The number of benzene rings is 1. The van der Waals surface area contributed by atoms with E-state index in [0.29, 0.717) is 30.1 Å². The Labute approximate surface area is 196 Å². The van der Waals surface area contributed by atoms with Crippen LogP contribution in [0.25, 0.3) is 0 Å². The van der Waals surface area contributed by atoms with Crippen molar-refractivity contribution in [2.45, 2.75) is 46.3 Å². The highest BCUT2D eigenvalue weighted by Gasteiger charge is 2.31. The van der Waals surface area contributed by atoms with Gasteiger partial charge in [0.25, 0.3) is 5.91 Å². The zero-order chi connectivity index (χ0) is 21.4. The van der Waals surface area contributed by atoms with E-state index < -0.39 is 5.91 Å². The molecule has 1 aromatic carbocycles. The van der Waals surface area contributed by atoms with Gasteiger partial charge in [0.05, 0.1) is 13.1 Å². The Morgan fingerprint density at radius 3 is 2.40 bits per heavy atom. The first-order valence-corrected chi connectivity index (χ1v) is 10.2. The number of carbonyl (C=O) groups is 2. The molecule has 0 bridgehead atoms. The fourth-order valence-corrected chi connectivity index (χ4v) is 3.31. The Morgan fingerprint density at radius 2 is 1.87 bits per heavy atom. The van der Waals surface area contributed by atoms with Crippen LogP contribution in [0.5, 0.6) is 0 Å². The average Bonchev–Trinajstić information content (AvgIpc) is 3.05. The van der Waals surface area contributed by atoms with Crippen molar-refractivity contribution in [3.05, 3.63) is 35.4 Å². The third-order valence-corrected chi connectivity index (χ3v) is 5.10. The molecule has 1 aromatic rings. The van der Waals surface area contributed by atoms with E-state index in [4.69, 9.17) is 10.7 Å². The summed E-state index contributed by atoms with van der Waals surface area (Å²) in [6.07, 6.45) is 0. The molecule has 2 rings (SSSR count). The molecule has 9 heteroatoms. The first-order valence-electron chi connectivity index (χ1n) is 10.2. The van der Waals surface area contributed by atoms with Crippen LogP contribution in [0, 0.1) is 5.92 Å². The lowest BCUT2D eigenvalue weighted by atomic mass is 10.1. The number of aliphatic imine (C=N–C) groups is 1. The Morgan fingerprint density at radius 1 is 1.20 bits per heavy atom. The third-order valence-electron chi connectivity index (χ3n) is 5.10. The topological polar surface area (TPSA) is 112 Å². The first kappa shape index (κ1) is 26.2. The highest BCUT2D eigenvalue weighted by molar-refractivity contribution is 14.0. The van der Waals surface area contributed by atoms with E-state index in [1.54, 1.807) is 12.1 Å². The van der Waals surface area contributed by atoms with Gasteiger partial charge >= 0.3 is 0 Å². The number of halogens is 1. The number of rotatable bonds is 8. The molecule has 1 heterocycles. The fourth-order valence-electron chi connectivity index (χ4n) is 3.31. The molecule has 30 heavy (non-hydrogen) atoms. The zero-order valence-corrected chi connectivity index (χ0v) is 20.6. The van der Waals surface area contributed by atoms with Crippen molar-refractivity contribution in [2.75, 3.05) is 26.2 Å². The third kappa shape index (κ3) is 8.10. The van der Waals surface area contributed by atoms with Gasteiger partial charge in [-0.3, -0.25) is 14.5 Å². The summed E-state index contributed by atoms with van der Waals surface area (Å²) in [7, 11) is 0. The van der Waals surface area contributed by atoms with Gasteiger partial charge in [0.2, 0.25) is 5.91 Å². The minimum absolute atomic E-state index is 0. The standard InChI is InChI=1S/C21H34N6O2.HI/c1-5-23-21(26-18-13-27(14(2)3)12-15(18)4)25-10-16-6-8-17(9-7-16)20(29)24-11-19(22)28;/h6-9,14-15,18H,5,10-13H2,1-4H3,(H2,22,28)(H,24,29)(H2,23,25,26);1H. The largest absolute Gasteiger partial charge is 0.368 e. The molecule has 5 N–H and O–H groups in total. The number of nitrogens with two attached hydrogens (primary N) is 1. The highest BCUT2D eigenvalue weighted by atomic mass is 127. The van der Waals surface area contributed by atoms with Crippen LogP contribution in [0.1, 0.15) is 43.6 Å². The Balaban J connectivity index is 0.00000450. The van der Waals surface area contributed by atoms with Crippen LogP contribution in [0.3, 0.4) is 0 Å². The molecule has 168 valence electrons. The molecular weight excluding hydrogens is 495 g/mol. The van der Waals surface area contributed by atoms with Crippen molar-refractivity contribution in [1.82, 2.24) is 20.9 Å². The highest BCUT2D eigenvalue weighted by Crippen LogP contribution is 2.18. The van der Waals surface area contributed by atoms with Gasteiger partial charge in [-0.1, -0.05) is 19.1 Å². The molecule has 2 unspecified atom stereocenters.